The van der Waals surface area contributed by atoms with Crippen molar-refractivity contribution in [3.8, 4) is 0 Å². The van der Waals surface area contributed by atoms with Gasteiger partial charge in [-0.1, -0.05) is 39.2 Å². The van der Waals surface area contributed by atoms with E-state index >= 15 is 0 Å². The van der Waals surface area contributed by atoms with Gasteiger partial charge in [0.2, 0.25) is 0 Å². The zero-order valence-corrected chi connectivity index (χ0v) is 15.5. The molecule has 1 fully saturated rings. The van der Waals surface area contributed by atoms with Gasteiger partial charge >= 0.3 is 0 Å². The van der Waals surface area contributed by atoms with Crippen LogP contribution >= 0.6 is 0 Å². The lowest BCUT2D eigenvalue weighted by Crippen LogP contribution is -2.15. The summed E-state index contributed by atoms with van der Waals surface area (Å²) in [5.74, 6) is 1.42. The minimum Gasteiger partial charge on any atom is -0.356 e. The van der Waals surface area contributed by atoms with Gasteiger partial charge in [-0.05, 0) is 36.2 Å². The van der Waals surface area contributed by atoms with E-state index in [1.165, 1.54) is 5.57 Å². The molecule has 0 N–H and O–H groups in total. The number of rotatable bonds is 7. The van der Waals surface area contributed by atoms with Crippen LogP contribution in [0.15, 0.2) is 17.0 Å². The third-order valence-electron chi connectivity index (χ3n) is 4.54. The highest BCUT2D eigenvalue weighted by molar-refractivity contribution is 6.80. The maximum absolute atomic E-state index is 5.34. The Bertz CT molecular complexity index is 382. The van der Waals surface area contributed by atoms with Crippen LogP contribution in [0.1, 0.15) is 33.6 Å². The van der Waals surface area contributed by atoms with Gasteiger partial charge in [0, 0.05) is 20.6 Å². The Hall–Kier alpha value is -0.343. The van der Waals surface area contributed by atoms with Gasteiger partial charge in [-0.15, -0.1) is 5.73 Å². The number of methoxy groups -OCH3 is 2. The van der Waals surface area contributed by atoms with Crippen LogP contribution in [0.2, 0.25) is 19.6 Å². The molecule has 116 valence electrons. The molecule has 0 aliphatic heterocycles. The smallest absolute Gasteiger partial charge is 0.157 e. The monoisotopic (exact) mass is 296 g/mol. The summed E-state index contributed by atoms with van der Waals surface area (Å²) in [7, 11) is 2.31. The lowest BCUT2D eigenvalue weighted by atomic mass is 10.0. The van der Waals surface area contributed by atoms with Crippen LogP contribution in [0.5, 0.6) is 0 Å². The molecule has 0 saturated heterocycles. The van der Waals surface area contributed by atoms with Crippen molar-refractivity contribution in [2.45, 2.75) is 59.5 Å². The fourth-order valence-electron chi connectivity index (χ4n) is 2.96. The number of hydrogen-bond acceptors (Lipinski definition) is 2. The van der Waals surface area contributed by atoms with Crippen molar-refractivity contribution in [1.82, 2.24) is 0 Å². The molecule has 0 spiro atoms. The highest BCUT2D eigenvalue weighted by atomic mass is 28.3. The van der Waals surface area contributed by atoms with E-state index in [1.807, 2.05) is 0 Å². The first-order valence-electron chi connectivity index (χ1n) is 7.60. The second kappa shape index (κ2) is 6.61. The molecule has 0 aromatic rings. The van der Waals surface area contributed by atoms with Crippen molar-refractivity contribution < 1.29 is 9.47 Å². The summed E-state index contributed by atoms with van der Waals surface area (Å²) in [6.45, 7) is 14.0. The molecule has 0 heterocycles. The van der Waals surface area contributed by atoms with Crippen LogP contribution in [0.25, 0.3) is 0 Å². The summed E-state index contributed by atoms with van der Waals surface area (Å²) in [6.07, 6.45) is 2.08. The Morgan fingerprint density at radius 2 is 1.75 bits per heavy atom. The van der Waals surface area contributed by atoms with Gasteiger partial charge in [0.05, 0.1) is 8.07 Å². The van der Waals surface area contributed by atoms with Gasteiger partial charge in [0.15, 0.2) is 6.29 Å². The molecule has 0 radical (unpaired) electrons. The highest BCUT2D eigenvalue weighted by Crippen LogP contribution is 2.62. The first kappa shape index (κ1) is 17.7. The zero-order valence-electron chi connectivity index (χ0n) is 14.5. The molecule has 20 heavy (non-hydrogen) atoms. The van der Waals surface area contributed by atoms with Gasteiger partial charge in [-0.2, -0.15) is 0 Å². The second-order valence-corrected chi connectivity index (χ2v) is 12.8. The molecule has 1 rings (SSSR count). The minimum atomic E-state index is -1.14. The maximum Gasteiger partial charge on any atom is 0.157 e. The third kappa shape index (κ3) is 4.89. The number of ether oxygens (including phenoxy) is 2. The Balaban J connectivity index is 2.63. The van der Waals surface area contributed by atoms with Crippen molar-refractivity contribution in [2.75, 3.05) is 14.2 Å². The van der Waals surface area contributed by atoms with Gasteiger partial charge in [-0.25, -0.2) is 0 Å². The Kier molecular flexibility index (Phi) is 5.86. The molecule has 0 aromatic heterocycles. The van der Waals surface area contributed by atoms with Crippen molar-refractivity contribution in [2.24, 2.45) is 17.3 Å². The quantitative estimate of drug-likeness (QED) is 0.387. The Morgan fingerprint density at radius 1 is 1.20 bits per heavy atom. The lowest BCUT2D eigenvalue weighted by Gasteiger charge is -2.13. The molecule has 1 saturated carbocycles. The fraction of sp³-hybridized carbons (Fsp3) is 0.824. The number of allylic oxidation sites excluding steroid dienone is 1. The van der Waals surface area contributed by atoms with Gasteiger partial charge < -0.3 is 9.47 Å². The average molecular weight is 297 g/mol. The van der Waals surface area contributed by atoms with E-state index in [0.29, 0.717) is 11.3 Å². The molecule has 3 heteroatoms. The molecule has 2 atom stereocenters. The van der Waals surface area contributed by atoms with Gasteiger partial charge in [0.25, 0.3) is 0 Å². The van der Waals surface area contributed by atoms with Crippen LogP contribution in [-0.4, -0.2) is 28.6 Å². The molecular weight excluding hydrogens is 264 g/mol. The Labute approximate surface area is 126 Å². The molecule has 0 bridgehead atoms. The van der Waals surface area contributed by atoms with Crippen LogP contribution in [0, 0.1) is 17.3 Å². The minimum absolute atomic E-state index is 0.0638. The average Bonchev–Trinajstić information content (AvgIpc) is 2.83. The van der Waals surface area contributed by atoms with Crippen molar-refractivity contribution in [3.05, 3.63) is 17.0 Å². The molecule has 1 aliphatic rings. The molecule has 1 aliphatic carbocycles. The van der Waals surface area contributed by atoms with E-state index in [2.05, 4.69) is 51.8 Å². The van der Waals surface area contributed by atoms with Gasteiger partial charge in [0.1, 0.15) is 0 Å². The van der Waals surface area contributed by atoms with Gasteiger partial charge in [-0.3, -0.25) is 0 Å². The van der Waals surface area contributed by atoms with Crippen LogP contribution in [0.3, 0.4) is 0 Å². The van der Waals surface area contributed by atoms with Crippen molar-refractivity contribution in [3.63, 3.8) is 0 Å². The predicted molar refractivity (Wildman–Crippen MR) is 88.4 cm³/mol. The normalized spacial score (nSPS) is 24.4. The first-order chi connectivity index (χ1) is 9.11. The van der Waals surface area contributed by atoms with Crippen LogP contribution in [-0.2, 0) is 9.47 Å². The molecule has 0 unspecified atom stereocenters. The van der Waals surface area contributed by atoms with Crippen LogP contribution < -0.4 is 0 Å². The summed E-state index contributed by atoms with van der Waals surface area (Å²) in [6, 6.07) is 0. The largest absolute Gasteiger partial charge is 0.356 e. The van der Waals surface area contributed by atoms with E-state index in [9.17, 15) is 0 Å². The molecule has 2 nitrogen and oxygen atoms in total. The summed E-state index contributed by atoms with van der Waals surface area (Å²) in [4.78, 5) is 0. The summed E-state index contributed by atoms with van der Waals surface area (Å²) >= 11 is 0. The fourth-order valence-corrected chi connectivity index (χ4v) is 3.63. The number of hydrogen-bond donors (Lipinski definition) is 0. The summed E-state index contributed by atoms with van der Waals surface area (Å²) < 4.78 is 10.7. The van der Waals surface area contributed by atoms with E-state index in [0.717, 1.165) is 18.8 Å². The topological polar surface area (TPSA) is 18.5 Å². The summed E-state index contributed by atoms with van der Waals surface area (Å²) in [5, 5.41) is 0. The molecular formula is C17H32O2Si. The first-order valence-corrected chi connectivity index (χ1v) is 11.2. The zero-order chi connectivity index (χ0) is 15.6. The highest BCUT2D eigenvalue weighted by Gasteiger charge is 2.57. The summed E-state index contributed by atoms with van der Waals surface area (Å²) in [5.41, 5.74) is 7.63. The van der Waals surface area contributed by atoms with Crippen molar-refractivity contribution >= 4 is 8.07 Å². The molecule has 0 amide bonds. The van der Waals surface area contributed by atoms with E-state index in [1.54, 1.807) is 14.2 Å². The van der Waals surface area contributed by atoms with E-state index < -0.39 is 8.07 Å². The SMILES string of the molecule is COC(C[C@@H]1[C@H](CC(C)=C=C[Si](C)(C)C)C1(C)C)OC. The maximum atomic E-state index is 5.34. The van der Waals surface area contributed by atoms with Crippen molar-refractivity contribution in [1.29, 1.82) is 0 Å². The van der Waals surface area contributed by atoms with E-state index in [4.69, 9.17) is 9.47 Å². The second-order valence-electron chi connectivity index (χ2n) is 7.81. The standard InChI is InChI=1S/C17H32O2Si/c1-13(9-10-20(6,7)8)11-14-15(17(14,2)3)12-16(18-4)19-5/h10,14-16H,11-12H2,1-8H3/t9?,14-,15+/m0/s1. The Morgan fingerprint density at radius 3 is 2.20 bits per heavy atom. The molecule has 0 aromatic carbocycles. The van der Waals surface area contributed by atoms with E-state index in [-0.39, 0.29) is 6.29 Å². The predicted octanol–water partition coefficient (Wildman–Crippen LogP) is 4.64. The third-order valence-corrected chi connectivity index (χ3v) is 5.55. The van der Waals surface area contributed by atoms with Crippen LogP contribution in [0.4, 0.5) is 0 Å². The lowest BCUT2D eigenvalue weighted by molar-refractivity contribution is -0.110.